The topological polar surface area (TPSA) is 101 Å². The van der Waals surface area contributed by atoms with Gasteiger partial charge in [0.1, 0.15) is 5.01 Å². The summed E-state index contributed by atoms with van der Waals surface area (Å²) in [6, 6.07) is 4.47. The van der Waals surface area contributed by atoms with Crippen molar-refractivity contribution in [2.24, 2.45) is 0 Å². The third-order valence-electron chi connectivity index (χ3n) is 3.18. The maximum absolute atomic E-state index is 12.1. The highest BCUT2D eigenvalue weighted by Gasteiger charge is 2.29. The smallest absolute Gasteiger partial charge is 0.269 e. The minimum Gasteiger partial charge on any atom is -0.363 e. The second-order valence-electron chi connectivity index (χ2n) is 4.48. The van der Waals surface area contributed by atoms with Crippen LogP contribution in [0, 0.1) is 10.1 Å². The zero-order valence-corrected chi connectivity index (χ0v) is 11.9. The van der Waals surface area contributed by atoms with Gasteiger partial charge in [0, 0.05) is 24.9 Å². The summed E-state index contributed by atoms with van der Waals surface area (Å²) in [5.74, 6) is -0.0910. The lowest BCUT2D eigenvalue weighted by molar-refractivity contribution is -0.384. The Hall–Kier alpha value is -2.55. The summed E-state index contributed by atoms with van der Waals surface area (Å²) in [5, 5.41) is 23.0. The Kier molecular flexibility index (Phi) is 3.26. The number of hydrogen-bond acceptors (Lipinski definition) is 7. The molecular weight excluding hydrogens is 294 g/mol. The molecule has 0 saturated heterocycles. The van der Waals surface area contributed by atoms with Gasteiger partial charge in [0.25, 0.3) is 5.69 Å². The number of nitro benzene ring substituents is 1. The molecule has 0 aliphatic carbocycles. The lowest BCUT2D eigenvalue weighted by Gasteiger charge is -2.15. The molecule has 0 saturated carbocycles. The number of non-ortho nitro benzene ring substituents is 1. The SMILES string of the molecule is CNc1nnc(CN2C(=O)Cc3cc([N+](=O)[O-])ccc32)s1. The zero-order valence-electron chi connectivity index (χ0n) is 11.1. The van der Waals surface area contributed by atoms with Gasteiger partial charge in [-0.05, 0) is 11.6 Å². The highest BCUT2D eigenvalue weighted by atomic mass is 32.1. The van der Waals surface area contributed by atoms with Gasteiger partial charge in [0.05, 0.1) is 17.9 Å². The molecule has 0 spiro atoms. The summed E-state index contributed by atoms with van der Waals surface area (Å²) in [4.78, 5) is 24.0. The molecule has 2 heterocycles. The molecule has 3 rings (SSSR count). The first kappa shape index (κ1) is 13.4. The van der Waals surface area contributed by atoms with E-state index in [1.807, 2.05) is 0 Å². The van der Waals surface area contributed by atoms with Crippen LogP contribution < -0.4 is 10.2 Å². The first-order valence-corrected chi connectivity index (χ1v) is 6.98. The third-order valence-corrected chi connectivity index (χ3v) is 4.11. The van der Waals surface area contributed by atoms with Gasteiger partial charge in [0.2, 0.25) is 11.0 Å². The predicted molar refractivity (Wildman–Crippen MR) is 77.4 cm³/mol. The van der Waals surface area contributed by atoms with Gasteiger partial charge in [0.15, 0.2) is 0 Å². The molecule has 1 aromatic heterocycles. The monoisotopic (exact) mass is 305 g/mol. The van der Waals surface area contributed by atoms with Gasteiger partial charge < -0.3 is 10.2 Å². The Balaban J connectivity index is 1.88. The van der Waals surface area contributed by atoms with Crippen LogP contribution in [-0.2, 0) is 17.8 Å². The standard InChI is InChI=1S/C12H11N5O3S/c1-13-12-15-14-10(21-12)6-16-9-3-2-8(17(19)20)4-7(9)5-11(16)18/h2-4H,5-6H2,1H3,(H,13,15). The summed E-state index contributed by atoms with van der Waals surface area (Å²) < 4.78 is 0. The molecule has 1 aliphatic heterocycles. The second kappa shape index (κ2) is 5.09. The molecule has 1 aliphatic rings. The molecule has 1 aromatic carbocycles. The molecule has 2 aromatic rings. The van der Waals surface area contributed by atoms with Crippen LogP contribution in [0.5, 0.6) is 0 Å². The lowest BCUT2D eigenvalue weighted by atomic mass is 10.1. The summed E-state index contributed by atoms with van der Waals surface area (Å²) >= 11 is 1.37. The number of nitrogens with one attached hydrogen (secondary N) is 1. The van der Waals surface area contributed by atoms with Crippen molar-refractivity contribution in [1.29, 1.82) is 0 Å². The summed E-state index contributed by atoms with van der Waals surface area (Å²) in [6.45, 7) is 0.322. The number of aromatic nitrogens is 2. The fourth-order valence-electron chi connectivity index (χ4n) is 2.21. The van der Waals surface area contributed by atoms with E-state index in [0.29, 0.717) is 27.9 Å². The van der Waals surface area contributed by atoms with Gasteiger partial charge in [-0.15, -0.1) is 10.2 Å². The average Bonchev–Trinajstić information content (AvgIpc) is 3.04. The molecule has 1 amide bonds. The van der Waals surface area contributed by atoms with Crippen molar-refractivity contribution < 1.29 is 9.72 Å². The first-order chi connectivity index (χ1) is 10.1. The van der Waals surface area contributed by atoms with Crippen molar-refractivity contribution in [3.8, 4) is 0 Å². The van der Waals surface area contributed by atoms with Crippen molar-refractivity contribution in [2.75, 3.05) is 17.3 Å². The van der Waals surface area contributed by atoms with Gasteiger partial charge >= 0.3 is 0 Å². The normalized spacial score (nSPS) is 13.4. The van der Waals surface area contributed by atoms with E-state index in [-0.39, 0.29) is 18.0 Å². The van der Waals surface area contributed by atoms with Crippen molar-refractivity contribution in [3.63, 3.8) is 0 Å². The molecule has 21 heavy (non-hydrogen) atoms. The molecule has 0 atom stereocenters. The fourth-order valence-corrected chi connectivity index (χ4v) is 2.89. The van der Waals surface area contributed by atoms with Gasteiger partial charge in [-0.3, -0.25) is 14.9 Å². The van der Waals surface area contributed by atoms with Crippen molar-refractivity contribution in [1.82, 2.24) is 10.2 Å². The van der Waals surface area contributed by atoms with Crippen LogP contribution in [0.1, 0.15) is 10.6 Å². The minimum atomic E-state index is -0.461. The van der Waals surface area contributed by atoms with Gasteiger partial charge in [-0.2, -0.15) is 0 Å². The molecule has 108 valence electrons. The van der Waals surface area contributed by atoms with Crippen molar-refractivity contribution in [3.05, 3.63) is 38.9 Å². The second-order valence-corrected chi connectivity index (χ2v) is 5.54. The number of nitro groups is 1. The van der Waals surface area contributed by atoms with E-state index in [1.54, 1.807) is 18.0 Å². The predicted octanol–water partition coefficient (Wildman–Crippen LogP) is 1.58. The molecular formula is C12H11N5O3S. The Morgan fingerprint density at radius 1 is 1.48 bits per heavy atom. The highest BCUT2D eigenvalue weighted by Crippen LogP contribution is 2.33. The Labute approximate surface area is 123 Å². The number of fused-ring (bicyclic) bond motifs is 1. The first-order valence-electron chi connectivity index (χ1n) is 6.16. The lowest BCUT2D eigenvalue weighted by Crippen LogP contribution is -2.25. The van der Waals surface area contributed by atoms with Crippen LogP contribution in [0.2, 0.25) is 0 Å². The van der Waals surface area contributed by atoms with Crippen molar-refractivity contribution in [2.45, 2.75) is 13.0 Å². The van der Waals surface area contributed by atoms with E-state index in [9.17, 15) is 14.9 Å². The van der Waals surface area contributed by atoms with Crippen LogP contribution >= 0.6 is 11.3 Å². The molecule has 0 fully saturated rings. The Morgan fingerprint density at radius 2 is 2.29 bits per heavy atom. The molecule has 9 heteroatoms. The van der Waals surface area contributed by atoms with Crippen LogP contribution in [-0.4, -0.2) is 28.1 Å². The van der Waals surface area contributed by atoms with Gasteiger partial charge in [-0.25, -0.2) is 0 Å². The molecule has 0 radical (unpaired) electrons. The maximum Gasteiger partial charge on any atom is 0.269 e. The molecule has 1 N–H and O–H groups in total. The zero-order chi connectivity index (χ0) is 15.0. The summed E-state index contributed by atoms with van der Waals surface area (Å²) in [5.41, 5.74) is 1.37. The largest absolute Gasteiger partial charge is 0.363 e. The maximum atomic E-state index is 12.1. The van der Waals surface area contributed by atoms with E-state index in [4.69, 9.17) is 0 Å². The number of hydrogen-bond donors (Lipinski definition) is 1. The minimum absolute atomic E-state index is 0.00298. The fraction of sp³-hybridized carbons (Fsp3) is 0.250. The highest BCUT2D eigenvalue weighted by molar-refractivity contribution is 7.15. The third kappa shape index (κ3) is 2.42. The Morgan fingerprint density at radius 3 is 2.95 bits per heavy atom. The Bertz CT molecular complexity index is 729. The van der Waals surface area contributed by atoms with Crippen LogP contribution in [0.4, 0.5) is 16.5 Å². The average molecular weight is 305 g/mol. The van der Waals surface area contributed by atoms with Crippen molar-refractivity contribution >= 4 is 33.8 Å². The van der Waals surface area contributed by atoms with Gasteiger partial charge in [-0.1, -0.05) is 11.3 Å². The molecule has 0 unspecified atom stereocenters. The number of amides is 1. The van der Waals surface area contributed by atoms with E-state index < -0.39 is 4.92 Å². The number of carbonyl (C=O) groups excluding carboxylic acids is 1. The van der Waals surface area contributed by atoms with Crippen LogP contribution in [0.15, 0.2) is 18.2 Å². The van der Waals surface area contributed by atoms with Crippen LogP contribution in [0.25, 0.3) is 0 Å². The number of rotatable bonds is 4. The number of anilines is 2. The van der Waals surface area contributed by atoms with E-state index in [0.717, 1.165) is 0 Å². The molecule has 8 nitrogen and oxygen atoms in total. The number of nitrogens with zero attached hydrogens (tertiary/aromatic N) is 4. The quantitative estimate of drug-likeness (QED) is 0.679. The van der Waals surface area contributed by atoms with Crippen LogP contribution in [0.3, 0.4) is 0 Å². The summed E-state index contributed by atoms with van der Waals surface area (Å²) in [6.07, 6.45) is 0.175. The molecule has 0 bridgehead atoms. The number of benzene rings is 1. The van der Waals surface area contributed by atoms with E-state index in [1.165, 1.54) is 23.5 Å². The van der Waals surface area contributed by atoms with E-state index in [2.05, 4.69) is 15.5 Å². The summed E-state index contributed by atoms with van der Waals surface area (Å²) in [7, 11) is 1.75. The number of carbonyl (C=O) groups is 1. The van der Waals surface area contributed by atoms with E-state index >= 15 is 0 Å².